The first-order valence-electron chi connectivity index (χ1n) is 24.2. The van der Waals surface area contributed by atoms with Gasteiger partial charge in [-0.1, -0.05) is 38.3 Å². The van der Waals surface area contributed by atoms with Gasteiger partial charge in [0.2, 0.25) is 0 Å². The van der Waals surface area contributed by atoms with Gasteiger partial charge < -0.3 is 51.0 Å². The fourth-order valence-electron chi connectivity index (χ4n) is 9.58. The number of rotatable bonds is 12. The lowest BCUT2D eigenvalue weighted by atomic mass is 10.0. The molecule has 8 heterocycles. The molecule has 9 N–H and O–H groups in total. The van der Waals surface area contributed by atoms with E-state index in [9.17, 15) is 33.9 Å². The molecule has 2 unspecified atom stereocenters. The summed E-state index contributed by atoms with van der Waals surface area (Å²) in [5, 5.41) is 22.2. The van der Waals surface area contributed by atoms with E-state index in [-0.39, 0.29) is 63.5 Å². The summed E-state index contributed by atoms with van der Waals surface area (Å²) in [6, 6.07) is 9.65. The predicted molar refractivity (Wildman–Crippen MR) is 271 cm³/mol. The van der Waals surface area contributed by atoms with Gasteiger partial charge in [0.1, 0.15) is 22.8 Å². The Balaban J connectivity index is 0.000000170. The lowest BCUT2D eigenvalue weighted by Gasteiger charge is -2.33. The monoisotopic (exact) mass is 992 g/mol. The minimum atomic E-state index is -0.532. The van der Waals surface area contributed by atoms with Gasteiger partial charge in [0.05, 0.1) is 67.2 Å². The largest absolute Gasteiger partial charge is 0.392 e. The van der Waals surface area contributed by atoms with E-state index in [1.165, 1.54) is 22.2 Å². The molecule has 2 saturated heterocycles. The Morgan fingerprint density at radius 1 is 0.662 bits per heavy atom. The van der Waals surface area contributed by atoms with Gasteiger partial charge in [-0.2, -0.15) is 0 Å². The van der Waals surface area contributed by atoms with Crippen LogP contribution in [0, 0.1) is 0 Å². The van der Waals surface area contributed by atoms with E-state index in [2.05, 4.69) is 45.0 Å². The van der Waals surface area contributed by atoms with Crippen LogP contribution in [-0.4, -0.2) is 161 Å². The normalized spacial score (nSPS) is 17.6. The standard InChI is InChI=1S/C25H30N6O4.C20H18ClN5O3.C5H13NO/c1-3-4-15(32)13-27-18-5-8-26-23(33)21(18)22-28-19-11-16-17(12-20(19)29-22)25(35)31(24(16)34)14-6-9-30(2)10-7-14;1-25-6-3-10(4-7-25)26-19(28)11-8-14-15(9-12(11)20(26)29)24-17(23-14)16-13(21)2-5-22-18(16)27;1-2-3-5(7)4-6/h5,8,11-12,14-15,32H,3-4,6-7,9-10,13H2,1-2H3,(H,28,29)(H2,26,27,33);2,5,8-10H,3-4,6-7H2,1H3,(H,22,27)(H,23,24);5,7H,2-4,6H2,1H3. The maximum atomic E-state index is 13.2. The number of aromatic amines is 4. The molecule has 21 heteroatoms. The van der Waals surface area contributed by atoms with Gasteiger partial charge in [-0.25, -0.2) is 9.97 Å². The highest BCUT2D eigenvalue weighted by atomic mass is 35.5. The number of imide groups is 2. The Morgan fingerprint density at radius 3 is 1.52 bits per heavy atom. The van der Waals surface area contributed by atoms with Crippen molar-refractivity contribution in [1.82, 2.24) is 49.5 Å². The van der Waals surface area contributed by atoms with Crippen LogP contribution in [0.15, 0.2) is 58.4 Å². The number of H-pyrrole nitrogens is 4. The van der Waals surface area contributed by atoms with Crippen molar-refractivity contribution in [1.29, 1.82) is 0 Å². The molecule has 0 radical (unpaired) electrons. The third-order valence-corrected chi connectivity index (χ3v) is 13.8. The molecule has 4 aromatic heterocycles. The van der Waals surface area contributed by atoms with Crippen molar-refractivity contribution in [2.24, 2.45) is 5.73 Å². The highest BCUT2D eigenvalue weighted by molar-refractivity contribution is 6.33. The zero-order valence-electron chi connectivity index (χ0n) is 40.3. The van der Waals surface area contributed by atoms with Crippen LogP contribution >= 0.6 is 11.6 Å². The fraction of sp³-hybridized carbons (Fsp3) is 0.440. The number of nitrogens with two attached hydrogens (primary N) is 1. The molecule has 2 atom stereocenters. The summed E-state index contributed by atoms with van der Waals surface area (Å²) in [6.07, 6.45) is 8.62. The number of aromatic nitrogens is 6. The van der Waals surface area contributed by atoms with Crippen LogP contribution in [0.25, 0.3) is 44.8 Å². The summed E-state index contributed by atoms with van der Waals surface area (Å²) in [5.41, 5.74) is 9.04. The van der Waals surface area contributed by atoms with E-state index in [1.807, 2.05) is 27.9 Å². The molecular formula is C50H61ClN12O8. The summed E-state index contributed by atoms with van der Waals surface area (Å²) >= 11 is 6.16. The highest BCUT2D eigenvalue weighted by Gasteiger charge is 2.43. The smallest absolute Gasteiger partial charge is 0.261 e. The first-order chi connectivity index (χ1) is 34.1. The van der Waals surface area contributed by atoms with Crippen molar-refractivity contribution in [2.75, 3.05) is 58.7 Å². The molecule has 376 valence electrons. The first kappa shape index (κ1) is 50.8. The lowest BCUT2D eigenvalue weighted by molar-refractivity contribution is 0.0501. The van der Waals surface area contributed by atoms with Gasteiger partial charge in [0.25, 0.3) is 34.7 Å². The number of hydrogen-bond acceptors (Lipinski definition) is 14. The zero-order chi connectivity index (χ0) is 50.7. The van der Waals surface area contributed by atoms with Crippen molar-refractivity contribution < 1.29 is 29.4 Å². The zero-order valence-corrected chi connectivity index (χ0v) is 41.1. The number of aliphatic hydroxyl groups excluding tert-OH is 2. The summed E-state index contributed by atoms with van der Waals surface area (Å²) < 4.78 is 0. The number of fused-ring (bicyclic) bond motifs is 4. The Labute approximate surface area is 414 Å². The second-order valence-corrected chi connectivity index (χ2v) is 19.1. The van der Waals surface area contributed by atoms with Gasteiger partial charge in [0.15, 0.2) is 0 Å². The summed E-state index contributed by atoms with van der Waals surface area (Å²) in [7, 11) is 4.07. The Morgan fingerprint density at radius 2 is 1.08 bits per heavy atom. The quantitative estimate of drug-likeness (QED) is 0.0782. The third kappa shape index (κ3) is 10.6. The molecule has 0 spiro atoms. The third-order valence-electron chi connectivity index (χ3n) is 13.5. The number of anilines is 1. The maximum Gasteiger partial charge on any atom is 0.261 e. The molecule has 2 aromatic carbocycles. The minimum Gasteiger partial charge on any atom is -0.392 e. The number of nitrogens with zero attached hydrogens (tertiary/aromatic N) is 6. The highest BCUT2D eigenvalue weighted by Crippen LogP contribution is 2.35. The number of imidazole rings is 2. The number of halogens is 1. The fourth-order valence-corrected chi connectivity index (χ4v) is 9.82. The second-order valence-electron chi connectivity index (χ2n) is 18.7. The van der Waals surface area contributed by atoms with E-state index in [0.29, 0.717) is 86.7 Å². The van der Waals surface area contributed by atoms with Gasteiger partial charge in [0, 0.05) is 37.6 Å². The first-order valence-corrected chi connectivity index (χ1v) is 24.6. The van der Waals surface area contributed by atoms with Gasteiger partial charge >= 0.3 is 0 Å². The summed E-state index contributed by atoms with van der Waals surface area (Å²) in [6.45, 7) is 8.13. The Bertz CT molecular complexity index is 2970. The lowest BCUT2D eigenvalue weighted by Crippen LogP contribution is -2.46. The number of piperidine rings is 2. The van der Waals surface area contributed by atoms with Crippen molar-refractivity contribution in [3.8, 4) is 22.8 Å². The molecule has 4 aliphatic heterocycles. The van der Waals surface area contributed by atoms with E-state index in [1.54, 1.807) is 36.4 Å². The Kier molecular flexibility index (Phi) is 15.6. The molecular weight excluding hydrogens is 932 g/mol. The van der Waals surface area contributed by atoms with E-state index in [0.717, 1.165) is 71.1 Å². The van der Waals surface area contributed by atoms with E-state index in [4.69, 9.17) is 22.4 Å². The average molecular weight is 994 g/mol. The van der Waals surface area contributed by atoms with Crippen LogP contribution in [0.2, 0.25) is 5.02 Å². The van der Waals surface area contributed by atoms with Crippen LogP contribution in [-0.2, 0) is 0 Å². The Hall–Kier alpha value is -6.55. The van der Waals surface area contributed by atoms with Crippen molar-refractivity contribution in [3.05, 3.63) is 96.8 Å². The van der Waals surface area contributed by atoms with Gasteiger partial charge in [-0.05, 0) is 115 Å². The molecule has 0 bridgehead atoms. The van der Waals surface area contributed by atoms with Gasteiger partial charge in [-0.3, -0.25) is 38.6 Å². The van der Waals surface area contributed by atoms with Crippen LogP contribution < -0.4 is 22.2 Å². The van der Waals surface area contributed by atoms with Crippen LogP contribution in [0.1, 0.15) is 107 Å². The molecule has 6 aromatic rings. The van der Waals surface area contributed by atoms with Crippen molar-refractivity contribution >= 4 is 63.0 Å². The number of carbonyl (C=O) groups is 4. The number of aliphatic hydroxyl groups is 2. The number of carbonyl (C=O) groups excluding carboxylic acids is 4. The molecule has 2 fully saturated rings. The van der Waals surface area contributed by atoms with Crippen LogP contribution in [0.4, 0.5) is 5.69 Å². The number of benzene rings is 2. The second kappa shape index (κ2) is 21.8. The number of pyridine rings is 2. The molecule has 0 aliphatic carbocycles. The molecule has 20 nitrogen and oxygen atoms in total. The molecule has 4 amide bonds. The van der Waals surface area contributed by atoms with Crippen molar-refractivity contribution in [3.63, 3.8) is 0 Å². The van der Waals surface area contributed by atoms with Crippen LogP contribution in [0.5, 0.6) is 0 Å². The number of likely N-dealkylation sites (tertiary alicyclic amines) is 2. The number of amides is 4. The number of nitrogens with one attached hydrogen (secondary N) is 5. The number of hydrogen-bond donors (Lipinski definition) is 8. The molecule has 71 heavy (non-hydrogen) atoms. The van der Waals surface area contributed by atoms with Crippen molar-refractivity contribution in [2.45, 2.75) is 89.5 Å². The topological polar surface area (TPSA) is 283 Å². The predicted octanol–water partition coefficient (Wildman–Crippen LogP) is 4.55. The SMILES string of the molecule is CCCC(O)CN.CCCC(O)CNc1cc[nH]c(=O)c1-c1nc2cc3c(cc2[nH]1)C(=O)N(C1CCN(C)CC1)C3=O.CN1CCC(N2C(=O)c3cc4nc(-c5c(Cl)cc[nH]c5=O)[nH]c4cc3C2=O)CC1. The average Bonchev–Trinajstić information content (AvgIpc) is 4.08. The maximum absolute atomic E-state index is 13.2. The summed E-state index contributed by atoms with van der Waals surface area (Å²) in [5.74, 6) is -0.485. The van der Waals surface area contributed by atoms with Crippen LogP contribution in [0.3, 0.4) is 0 Å². The molecule has 0 saturated carbocycles. The summed E-state index contributed by atoms with van der Waals surface area (Å²) in [4.78, 5) is 105. The van der Waals surface area contributed by atoms with E-state index >= 15 is 0 Å². The molecule has 10 rings (SSSR count). The van der Waals surface area contributed by atoms with Gasteiger partial charge in [-0.15, -0.1) is 0 Å². The molecule has 4 aliphatic rings. The minimum absolute atomic E-state index is 0.0813. The van der Waals surface area contributed by atoms with E-state index < -0.39 is 6.10 Å².